The van der Waals surface area contributed by atoms with Crippen molar-refractivity contribution in [3.8, 4) is 11.5 Å². The van der Waals surface area contributed by atoms with E-state index in [1.165, 1.54) is 13.2 Å². The van der Waals surface area contributed by atoms with Crippen LogP contribution in [0.15, 0.2) is 24.3 Å². The van der Waals surface area contributed by atoms with E-state index in [0.717, 1.165) is 19.9 Å². The average Bonchev–Trinajstić information content (AvgIpc) is 2.88. The molecule has 1 amide bonds. The lowest BCUT2D eigenvalue weighted by molar-refractivity contribution is -0.170. The van der Waals surface area contributed by atoms with Gasteiger partial charge in [0.05, 0.1) is 24.2 Å². The Bertz CT molecular complexity index is 1490. The van der Waals surface area contributed by atoms with Crippen molar-refractivity contribution in [3.63, 3.8) is 0 Å². The topological polar surface area (TPSA) is 100 Å². The lowest BCUT2D eigenvalue weighted by Crippen LogP contribution is -2.53. The van der Waals surface area contributed by atoms with Crippen molar-refractivity contribution in [3.05, 3.63) is 52.6 Å². The third-order valence-corrected chi connectivity index (χ3v) is 7.53. The van der Waals surface area contributed by atoms with Gasteiger partial charge in [0.1, 0.15) is 23.1 Å². The number of halogens is 3. The van der Waals surface area contributed by atoms with E-state index in [9.17, 15) is 9.90 Å². The number of aromatic nitrogens is 2. The normalized spacial score (nSPS) is 17.3. The van der Waals surface area contributed by atoms with Crippen LogP contribution in [0.2, 0.25) is 0 Å². The van der Waals surface area contributed by atoms with Crippen LogP contribution >= 0.6 is 0 Å². The number of anilines is 1. The summed E-state index contributed by atoms with van der Waals surface area (Å²) in [6, 6.07) is 4.83. The van der Waals surface area contributed by atoms with Gasteiger partial charge in [-0.15, -0.1) is 0 Å². The number of carbonyl (C=O) groups is 1. The number of carbonyl (C=O) groups excluding carboxylic acids is 1. The molecule has 2 aromatic carbocycles. The number of aliphatic hydroxyl groups is 1. The van der Waals surface area contributed by atoms with Gasteiger partial charge in [0.25, 0.3) is 0 Å². The Balaban J connectivity index is 1.72. The van der Waals surface area contributed by atoms with Crippen LogP contribution < -0.4 is 14.8 Å². The predicted octanol–water partition coefficient (Wildman–Crippen LogP) is 5.56. The van der Waals surface area contributed by atoms with E-state index in [-0.39, 0.29) is 28.9 Å². The summed E-state index contributed by atoms with van der Waals surface area (Å²) in [5.74, 6) is -3.84. The molecule has 2 atom stereocenters. The van der Waals surface area contributed by atoms with Gasteiger partial charge >= 0.3 is 12.0 Å². The third-order valence-electron chi connectivity index (χ3n) is 7.53. The number of aryl methyl sites for hydroxylation is 2. The quantitative estimate of drug-likeness (QED) is 0.369. The number of hydrogen-bond acceptors (Lipinski definition) is 8. The van der Waals surface area contributed by atoms with E-state index in [0.29, 0.717) is 41.9 Å². The van der Waals surface area contributed by atoms with Gasteiger partial charge in [-0.2, -0.15) is 8.78 Å². The number of rotatable bonds is 7. The van der Waals surface area contributed by atoms with Crippen LogP contribution in [0, 0.1) is 19.7 Å². The molecule has 1 saturated heterocycles. The first-order chi connectivity index (χ1) is 19.5. The minimum absolute atomic E-state index is 0.0254. The molecule has 42 heavy (non-hydrogen) atoms. The molecule has 228 valence electrons. The molecule has 4 rings (SSSR count). The lowest BCUT2D eigenvalue weighted by Gasteiger charge is -2.37. The number of nitrogens with zero attached hydrogens (tertiary/aromatic N) is 4. The van der Waals surface area contributed by atoms with E-state index in [1.54, 1.807) is 37.8 Å². The number of amides is 1. The Morgan fingerprint density at radius 1 is 1.14 bits per heavy atom. The fourth-order valence-corrected chi connectivity index (χ4v) is 5.12. The number of likely N-dealkylation sites (N-methyl/N-ethyl adjacent to an activating group) is 1. The predicted molar refractivity (Wildman–Crippen MR) is 154 cm³/mol. The molecule has 9 nitrogen and oxygen atoms in total. The monoisotopic (exact) mass is 589 g/mol. The van der Waals surface area contributed by atoms with Crippen molar-refractivity contribution in [2.75, 3.05) is 39.1 Å². The minimum atomic E-state index is -3.84. The van der Waals surface area contributed by atoms with Crippen molar-refractivity contribution in [2.45, 2.75) is 65.1 Å². The maximum atomic E-state index is 15.6. The van der Waals surface area contributed by atoms with Gasteiger partial charge in [-0.1, -0.05) is 11.6 Å². The molecular formula is C30H38F3N5O4. The fraction of sp³-hybridized carbons (Fsp3) is 0.500. The number of hydrogen-bond donors (Lipinski definition) is 2. The molecular weight excluding hydrogens is 551 g/mol. The van der Waals surface area contributed by atoms with Crippen LogP contribution in [0.5, 0.6) is 11.5 Å². The van der Waals surface area contributed by atoms with Crippen molar-refractivity contribution in [2.24, 2.45) is 0 Å². The van der Waals surface area contributed by atoms with E-state index in [1.807, 2.05) is 14.0 Å². The molecule has 0 radical (unpaired) electrons. The highest BCUT2D eigenvalue weighted by molar-refractivity contribution is 5.92. The Morgan fingerprint density at radius 2 is 1.83 bits per heavy atom. The van der Waals surface area contributed by atoms with Crippen molar-refractivity contribution in [1.82, 2.24) is 19.8 Å². The Morgan fingerprint density at radius 3 is 2.45 bits per heavy atom. The van der Waals surface area contributed by atoms with Gasteiger partial charge in [-0.25, -0.2) is 19.2 Å². The van der Waals surface area contributed by atoms with Crippen molar-refractivity contribution in [1.29, 1.82) is 0 Å². The third kappa shape index (κ3) is 6.10. The highest BCUT2D eigenvalue weighted by atomic mass is 19.3. The number of fused-ring (bicyclic) bond motifs is 1. The maximum absolute atomic E-state index is 15.6. The van der Waals surface area contributed by atoms with Crippen LogP contribution in [0.1, 0.15) is 56.3 Å². The van der Waals surface area contributed by atoms with Crippen LogP contribution in [-0.2, 0) is 5.92 Å². The summed E-state index contributed by atoms with van der Waals surface area (Å²) in [6.07, 6.45) is -0.522. The molecule has 1 aliphatic heterocycles. The zero-order valence-electron chi connectivity index (χ0n) is 25.2. The smallest absolute Gasteiger partial charge is 0.415 e. The Hall–Kier alpha value is -3.64. The van der Waals surface area contributed by atoms with Crippen LogP contribution in [-0.4, -0.2) is 76.4 Å². The number of benzene rings is 2. The first-order valence-corrected chi connectivity index (χ1v) is 13.7. The molecule has 0 unspecified atom stereocenters. The fourth-order valence-electron chi connectivity index (χ4n) is 5.12. The van der Waals surface area contributed by atoms with E-state index in [4.69, 9.17) is 9.47 Å². The van der Waals surface area contributed by atoms with Crippen LogP contribution in [0.4, 0.5) is 23.8 Å². The SMILES string of the molecule is COc1cc2nc(C)nc(N[C@H](C)c3cc(C)cc(C(F)(F)C(C)(C)O)c3F)c2cc1OC(=O)N1CCN(C)C[C@H]1C. The maximum Gasteiger partial charge on any atom is 0.415 e. The molecule has 12 heteroatoms. The van der Waals surface area contributed by atoms with E-state index in [2.05, 4.69) is 20.2 Å². The summed E-state index contributed by atoms with van der Waals surface area (Å²) in [6.45, 7) is 10.6. The molecule has 2 N–H and O–H groups in total. The highest BCUT2D eigenvalue weighted by Gasteiger charge is 2.49. The first kappa shape index (κ1) is 31.3. The summed E-state index contributed by atoms with van der Waals surface area (Å²) in [7, 11) is 3.44. The van der Waals surface area contributed by atoms with Gasteiger partial charge in [0.15, 0.2) is 11.5 Å². The van der Waals surface area contributed by atoms with Gasteiger partial charge in [0.2, 0.25) is 0 Å². The number of piperazine rings is 1. The van der Waals surface area contributed by atoms with E-state index >= 15 is 13.2 Å². The van der Waals surface area contributed by atoms with Gasteiger partial charge in [-0.3, -0.25) is 0 Å². The molecule has 1 aromatic heterocycles. The number of nitrogens with one attached hydrogen (secondary N) is 1. The van der Waals surface area contributed by atoms with Gasteiger partial charge < -0.3 is 29.7 Å². The summed E-state index contributed by atoms with van der Waals surface area (Å²) in [5.41, 5.74) is -2.52. The lowest BCUT2D eigenvalue weighted by atomic mass is 9.89. The first-order valence-electron chi connectivity index (χ1n) is 13.7. The molecule has 2 heterocycles. The van der Waals surface area contributed by atoms with Gasteiger partial charge in [0, 0.05) is 42.7 Å². The summed E-state index contributed by atoms with van der Waals surface area (Å²) in [4.78, 5) is 25.8. The summed E-state index contributed by atoms with van der Waals surface area (Å²) < 4.78 is 57.0. The number of alkyl halides is 2. The zero-order valence-corrected chi connectivity index (χ0v) is 25.2. The van der Waals surface area contributed by atoms with Crippen LogP contribution in [0.25, 0.3) is 10.9 Å². The highest BCUT2D eigenvalue weighted by Crippen LogP contribution is 2.42. The average molecular weight is 590 g/mol. The second-order valence-corrected chi connectivity index (χ2v) is 11.5. The van der Waals surface area contributed by atoms with Crippen molar-refractivity contribution >= 4 is 22.8 Å². The number of ether oxygens (including phenoxy) is 2. The second kappa shape index (κ2) is 11.6. The molecule has 0 aliphatic carbocycles. The molecule has 0 bridgehead atoms. The largest absolute Gasteiger partial charge is 0.493 e. The van der Waals surface area contributed by atoms with Crippen LogP contribution in [0.3, 0.4) is 0 Å². The molecule has 1 aliphatic rings. The minimum Gasteiger partial charge on any atom is -0.493 e. The van der Waals surface area contributed by atoms with Gasteiger partial charge in [-0.05, 0) is 60.7 Å². The molecule has 1 fully saturated rings. The molecule has 0 spiro atoms. The van der Waals surface area contributed by atoms with E-state index < -0.39 is 35.0 Å². The molecule has 3 aromatic rings. The van der Waals surface area contributed by atoms with Crippen molar-refractivity contribution < 1.29 is 32.5 Å². The zero-order chi connectivity index (χ0) is 31.1. The summed E-state index contributed by atoms with van der Waals surface area (Å²) >= 11 is 0. The Kier molecular flexibility index (Phi) is 8.62. The molecule has 0 saturated carbocycles. The second-order valence-electron chi connectivity index (χ2n) is 11.5. The Labute approximate surface area is 243 Å². The summed E-state index contributed by atoms with van der Waals surface area (Å²) in [5, 5.41) is 13.6. The number of methoxy groups -OCH3 is 1. The standard InChI is InChI=1S/C30H38F3N5O4/c1-16-11-20(26(31)22(12-16)30(32,33)29(5,6)40)18(3)34-27-21-13-25(24(41-8)14-23(21)35-19(4)36-27)42-28(39)38-10-9-37(7)15-17(38)2/h11-14,17-18,40H,9-10,15H2,1-8H3,(H,34,35,36)/t17-,18-/m1/s1.